The van der Waals surface area contributed by atoms with Crippen LogP contribution in [0, 0.1) is 5.92 Å². The number of pyridine rings is 1. The highest BCUT2D eigenvalue weighted by atomic mass is 79.9. The van der Waals surface area contributed by atoms with Crippen molar-refractivity contribution in [2.75, 3.05) is 11.9 Å². The highest BCUT2D eigenvalue weighted by molar-refractivity contribution is 9.09. The van der Waals surface area contributed by atoms with Crippen molar-refractivity contribution in [1.29, 1.82) is 0 Å². The third-order valence-electron chi connectivity index (χ3n) is 3.86. The smallest absolute Gasteiger partial charge is 0.260 e. The highest BCUT2D eigenvalue weighted by Gasteiger charge is 2.31. The topological polar surface area (TPSA) is 60.3 Å². The third kappa shape index (κ3) is 2.87. The van der Waals surface area contributed by atoms with Gasteiger partial charge in [0.2, 0.25) is 11.3 Å². The summed E-state index contributed by atoms with van der Waals surface area (Å²) in [7, 11) is 0. The Kier molecular flexibility index (Phi) is 4.43. The van der Waals surface area contributed by atoms with Crippen LogP contribution in [0.3, 0.4) is 0 Å². The van der Waals surface area contributed by atoms with Crippen LogP contribution in [-0.2, 0) is 6.54 Å². The summed E-state index contributed by atoms with van der Waals surface area (Å²) in [6.07, 6.45) is -0.0862. The van der Waals surface area contributed by atoms with Crippen LogP contribution in [0.15, 0.2) is 29.1 Å². The van der Waals surface area contributed by atoms with Crippen LogP contribution in [0.2, 0.25) is 0 Å². The van der Waals surface area contributed by atoms with Gasteiger partial charge in [-0.25, -0.2) is 0 Å². The van der Waals surface area contributed by atoms with E-state index >= 15 is 0 Å². The Morgan fingerprint density at radius 3 is 2.87 bits per heavy atom. The van der Waals surface area contributed by atoms with Gasteiger partial charge in [-0.1, -0.05) is 41.9 Å². The minimum Gasteiger partial charge on any atom is -0.472 e. The zero-order valence-corrected chi connectivity index (χ0v) is 14.7. The number of hydrogen-bond acceptors (Lipinski definition) is 3. The van der Waals surface area contributed by atoms with Crippen molar-refractivity contribution in [2.45, 2.75) is 26.5 Å². The first-order valence-electron chi connectivity index (χ1n) is 7.69. The maximum atomic E-state index is 12.8. The number of ether oxygens (including phenoxy) is 1. The summed E-state index contributed by atoms with van der Waals surface area (Å²) < 4.78 is 7.78. The summed E-state index contributed by atoms with van der Waals surface area (Å²) >= 11 is 3.41. The molecule has 0 saturated carbocycles. The van der Waals surface area contributed by atoms with Crippen LogP contribution in [-0.4, -0.2) is 28.5 Å². The molecule has 2 heterocycles. The molecule has 6 heteroatoms. The molecular formula is C17H19BrN2O3. The van der Waals surface area contributed by atoms with Gasteiger partial charge >= 0.3 is 0 Å². The number of nitrogens with one attached hydrogen (secondary N) is 1. The van der Waals surface area contributed by atoms with Crippen LogP contribution < -0.4 is 15.5 Å². The molecule has 1 aromatic carbocycles. The number of para-hydroxylation sites is 1. The molecule has 0 spiro atoms. The molecule has 0 bridgehead atoms. The minimum absolute atomic E-state index is 0.0862. The van der Waals surface area contributed by atoms with E-state index in [4.69, 9.17) is 4.74 Å². The molecule has 0 aliphatic carbocycles. The third-order valence-corrected chi connectivity index (χ3v) is 4.58. The largest absolute Gasteiger partial charge is 0.472 e. The molecule has 1 aliphatic rings. The first kappa shape index (κ1) is 16.1. The van der Waals surface area contributed by atoms with Gasteiger partial charge in [-0.3, -0.25) is 9.59 Å². The summed E-state index contributed by atoms with van der Waals surface area (Å²) in [5, 5.41) is 4.01. The van der Waals surface area contributed by atoms with Crippen LogP contribution in [0.25, 0.3) is 10.9 Å². The highest BCUT2D eigenvalue weighted by Crippen LogP contribution is 2.30. The number of fused-ring (bicyclic) bond motifs is 3. The van der Waals surface area contributed by atoms with Crippen molar-refractivity contribution in [2.24, 2.45) is 5.92 Å². The van der Waals surface area contributed by atoms with E-state index in [2.05, 4.69) is 21.2 Å². The zero-order chi connectivity index (χ0) is 16.6. The summed E-state index contributed by atoms with van der Waals surface area (Å²) in [5.41, 5.74) is 0.632. The van der Waals surface area contributed by atoms with Gasteiger partial charge in [0.15, 0.2) is 0 Å². The average Bonchev–Trinajstić information content (AvgIpc) is 2.97. The molecule has 1 N–H and O–H groups in total. The lowest BCUT2D eigenvalue weighted by atomic mass is 10.1. The van der Waals surface area contributed by atoms with Crippen molar-refractivity contribution >= 4 is 32.7 Å². The number of hydrogen-bond donors (Lipinski definition) is 1. The predicted octanol–water partition coefficient (Wildman–Crippen LogP) is 2.54. The molecule has 1 amide bonds. The molecule has 0 fully saturated rings. The van der Waals surface area contributed by atoms with Crippen molar-refractivity contribution in [1.82, 2.24) is 9.88 Å². The molecule has 1 atom stereocenters. The number of carbonyl (C=O) groups excluding carboxylic acids is 1. The molecule has 1 aromatic heterocycles. The molecular weight excluding hydrogens is 360 g/mol. The van der Waals surface area contributed by atoms with E-state index < -0.39 is 0 Å². The molecule has 0 saturated heterocycles. The van der Waals surface area contributed by atoms with E-state index in [1.165, 1.54) is 0 Å². The second kappa shape index (κ2) is 6.35. The van der Waals surface area contributed by atoms with Gasteiger partial charge in [0, 0.05) is 17.3 Å². The summed E-state index contributed by atoms with van der Waals surface area (Å²) in [6.45, 7) is 5.16. The molecule has 5 nitrogen and oxygen atoms in total. The summed E-state index contributed by atoms with van der Waals surface area (Å²) in [6, 6.07) is 7.33. The quantitative estimate of drug-likeness (QED) is 0.831. The molecule has 122 valence electrons. The van der Waals surface area contributed by atoms with Crippen molar-refractivity contribution < 1.29 is 9.53 Å². The fourth-order valence-corrected chi connectivity index (χ4v) is 3.08. The van der Waals surface area contributed by atoms with E-state index in [1.54, 1.807) is 6.07 Å². The Hall–Kier alpha value is -1.82. The Morgan fingerprint density at radius 2 is 2.17 bits per heavy atom. The van der Waals surface area contributed by atoms with E-state index in [0.717, 1.165) is 5.52 Å². The number of rotatable bonds is 4. The van der Waals surface area contributed by atoms with Gasteiger partial charge in [0.1, 0.15) is 11.7 Å². The first-order valence-corrected chi connectivity index (χ1v) is 8.81. The van der Waals surface area contributed by atoms with Gasteiger partial charge in [0.25, 0.3) is 5.91 Å². The van der Waals surface area contributed by atoms with E-state index in [1.807, 2.05) is 36.6 Å². The molecule has 2 aromatic rings. The lowest BCUT2D eigenvalue weighted by Crippen LogP contribution is -2.32. The summed E-state index contributed by atoms with van der Waals surface area (Å²) in [4.78, 5) is 25.4. The van der Waals surface area contributed by atoms with Crippen LogP contribution in [0.5, 0.6) is 5.88 Å². The van der Waals surface area contributed by atoms with E-state index in [-0.39, 0.29) is 23.0 Å². The number of benzene rings is 1. The number of carbonyl (C=O) groups is 1. The van der Waals surface area contributed by atoms with Crippen molar-refractivity contribution in [3.05, 3.63) is 40.1 Å². The standard InChI is InChI=1S/C17H19BrN2O3/c1-10(2)8-19-16(22)14-15(21)12-5-3-4-6-13(12)20-9-11(7-18)23-17(14)20/h3-6,10-11H,7-9H2,1-2H3,(H,19,22)/t11-/m1/s1. The SMILES string of the molecule is CC(C)CNC(=O)c1c2n(c3ccccc3c1=O)C[C@@H](CBr)O2. The van der Waals surface area contributed by atoms with E-state index in [0.29, 0.717) is 35.6 Å². The Bertz CT molecular complexity index is 813. The molecule has 0 radical (unpaired) electrons. The van der Waals surface area contributed by atoms with Crippen LogP contribution in [0.4, 0.5) is 0 Å². The monoisotopic (exact) mass is 378 g/mol. The maximum Gasteiger partial charge on any atom is 0.260 e. The van der Waals surface area contributed by atoms with Crippen molar-refractivity contribution in [3.63, 3.8) is 0 Å². The number of amides is 1. The van der Waals surface area contributed by atoms with Gasteiger partial charge < -0.3 is 14.6 Å². The second-order valence-corrected chi connectivity index (χ2v) is 6.78. The number of nitrogens with zero attached hydrogens (tertiary/aromatic N) is 1. The molecule has 3 rings (SSSR count). The normalized spacial score (nSPS) is 16.4. The molecule has 23 heavy (non-hydrogen) atoms. The van der Waals surface area contributed by atoms with Gasteiger partial charge in [-0.05, 0) is 18.1 Å². The first-order chi connectivity index (χ1) is 11.0. The Balaban J connectivity index is 2.16. The number of halogens is 1. The van der Waals surface area contributed by atoms with Crippen molar-refractivity contribution in [3.8, 4) is 5.88 Å². The Morgan fingerprint density at radius 1 is 1.43 bits per heavy atom. The fourth-order valence-electron chi connectivity index (χ4n) is 2.75. The van der Waals surface area contributed by atoms with Crippen LogP contribution in [0.1, 0.15) is 24.2 Å². The van der Waals surface area contributed by atoms with E-state index in [9.17, 15) is 9.59 Å². The second-order valence-electron chi connectivity index (χ2n) is 6.14. The van der Waals surface area contributed by atoms with Gasteiger partial charge in [-0.15, -0.1) is 0 Å². The zero-order valence-electron chi connectivity index (χ0n) is 13.1. The molecule has 0 unspecified atom stereocenters. The van der Waals surface area contributed by atoms with Gasteiger partial charge in [-0.2, -0.15) is 0 Å². The minimum atomic E-state index is -0.367. The number of alkyl halides is 1. The van der Waals surface area contributed by atoms with Crippen LogP contribution >= 0.6 is 15.9 Å². The predicted molar refractivity (Wildman–Crippen MR) is 93.6 cm³/mol. The van der Waals surface area contributed by atoms with Gasteiger partial charge in [0.05, 0.1) is 12.1 Å². The average molecular weight is 379 g/mol. The fraction of sp³-hybridized carbons (Fsp3) is 0.412. The molecule has 1 aliphatic heterocycles. The lowest BCUT2D eigenvalue weighted by molar-refractivity contribution is 0.0943. The number of aromatic nitrogens is 1. The maximum absolute atomic E-state index is 12.8. The lowest BCUT2D eigenvalue weighted by Gasteiger charge is -2.13. The Labute approximate surface area is 142 Å². The summed E-state index contributed by atoms with van der Waals surface area (Å²) in [5.74, 6) is 0.319.